The van der Waals surface area contributed by atoms with E-state index in [0.717, 1.165) is 44.9 Å². The lowest BCUT2D eigenvalue weighted by atomic mass is 9.81. The van der Waals surface area contributed by atoms with Crippen LogP contribution in [-0.4, -0.2) is 14.5 Å². The van der Waals surface area contributed by atoms with Gasteiger partial charge in [-0.3, -0.25) is 0 Å². The van der Waals surface area contributed by atoms with Gasteiger partial charge in [-0.25, -0.2) is 9.97 Å². The van der Waals surface area contributed by atoms with Gasteiger partial charge in [-0.2, -0.15) is 0 Å². The molecule has 3 heteroatoms. The van der Waals surface area contributed by atoms with Crippen molar-refractivity contribution in [2.75, 3.05) is 0 Å². The maximum absolute atomic E-state index is 5.37. The molecule has 0 aliphatic heterocycles. The summed E-state index contributed by atoms with van der Waals surface area (Å²) >= 11 is 0. The Labute approximate surface area is 361 Å². The van der Waals surface area contributed by atoms with Crippen molar-refractivity contribution in [1.82, 2.24) is 14.5 Å². The minimum Gasteiger partial charge on any atom is -0.309 e. The molecule has 0 bridgehead atoms. The second-order valence-electron chi connectivity index (χ2n) is 16.9. The first kappa shape index (κ1) is 36.0. The third kappa shape index (κ3) is 5.66. The van der Waals surface area contributed by atoms with E-state index < -0.39 is 0 Å². The lowest BCUT2D eigenvalue weighted by Gasteiger charge is -2.22. The second-order valence-corrected chi connectivity index (χ2v) is 16.9. The fourth-order valence-corrected chi connectivity index (χ4v) is 10.0. The number of para-hydroxylation sites is 3. The van der Waals surface area contributed by atoms with E-state index in [4.69, 9.17) is 9.97 Å². The summed E-state index contributed by atoms with van der Waals surface area (Å²) < 4.78 is 2.40. The van der Waals surface area contributed by atoms with Crippen molar-refractivity contribution in [3.05, 3.63) is 223 Å². The van der Waals surface area contributed by atoms with Crippen LogP contribution in [0, 0.1) is 0 Å². The van der Waals surface area contributed by atoms with Gasteiger partial charge in [0.1, 0.15) is 0 Å². The van der Waals surface area contributed by atoms with Crippen molar-refractivity contribution in [3.63, 3.8) is 0 Å². The molecule has 2 aromatic heterocycles. The number of hydrogen-bond acceptors (Lipinski definition) is 2. The van der Waals surface area contributed by atoms with Crippen LogP contribution in [0.2, 0.25) is 0 Å². The molecular formula is C59H41N3. The molecular weight excluding hydrogens is 751 g/mol. The summed E-state index contributed by atoms with van der Waals surface area (Å²) in [5.41, 5.74) is 18.2. The smallest absolute Gasteiger partial charge is 0.160 e. The Morgan fingerprint density at radius 3 is 1.82 bits per heavy atom. The average Bonchev–Trinajstić information content (AvgIpc) is 3.79. The summed E-state index contributed by atoms with van der Waals surface area (Å²) in [6, 6.07) is 76.6. The summed E-state index contributed by atoms with van der Waals surface area (Å²) in [5.74, 6) is 0.695. The van der Waals surface area contributed by atoms with Crippen LogP contribution >= 0.6 is 0 Å². The van der Waals surface area contributed by atoms with Crippen molar-refractivity contribution >= 4 is 32.6 Å². The van der Waals surface area contributed by atoms with Gasteiger partial charge in [0.15, 0.2) is 5.82 Å². The molecule has 0 amide bonds. The highest BCUT2D eigenvalue weighted by atomic mass is 15.0. The van der Waals surface area contributed by atoms with E-state index in [1.54, 1.807) is 0 Å². The molecule has 0 unspecified atom stereocenters. The summed E-state index contributed by atoms with van der Waals surface area (Å²) in [6.07, 6.45) is 0. The summed E-state index contributed by atoms with van der Waals surface area (Å²) in [7, 11) is 0. The van der Waals surface area contributed by atoms with Crippen molar-refractivity contribution in [2.24, 2.45) is 0 Å². The van der Waals surface area contributed by atoms with Gasteiger partial charge < -0.3 is 4.57 Å². The Balaban J connectivity index is 1.05. The first-order valence-corrected chi connectivity index (χ1v) is 21.4. The fraction of sp³-hybridized carbons (Fsp3) is 0.0508. The van der Waals surface area contributed by atoms with Crippen LogP contribution in [0.25, 0.3) is 106 Å². The molecule has 0 saturated heterocycles. The van der Waals surface area contributed by atoms with Gasteiger partial charge >= 0.3 is 0 Å². The van der Waals surface area contributed by atoms with E-state index >= 15 is 0 Å². The monoisotopic (exact) mass is 791 g/mol. The predicted molar refractivity (Wildman–Crippen MR) is 259 cm³/mol. The molecule has 9 aromatic carbocycles. The van der Waals surface area contributed by atoms with Gasteiger partial charge in [0.05, 0.1) is 22.4 Å². The van der Waals surface area contributed by atoms with Crippen molar-refractivity contribution in [2.45, 2.75) is 19.3 Å². The van der Waals surface area contributed by atoms with Crippen LogP contribution < -0.4 is 0 Å². The van der Waals surface area contributed by atoms with Crippen molar-refractivity contribution in [1.29, 1.82) is 0 Å². The van der Waals surface area contributed by atoms with Gasteiger partial charge in [0.2, 0.25) is 0 Å². The second kappa shape index (κ2) is 14.1. The SMILES string of the molecule is CC1(C)c2cc3ccccc3cc2-c2c(-c3ccccc3-c3cc(-c4cccc(-c5cccc6c7ccccc7n(-c7ccccc7)c56)c4)nc(-c4ccccc4)n3)cccc21. The molecule has 2 heterocycles. The van der Waals surface area contributed by atoms with Crippen LogP contribution in [0.3, 0.4) is 0 Å². The van der Waals surface area contributed by atoms with Gasteiger partial charge in [-0.1, -0.05) is 184 Å². The number of fused-ring (bicyclic) bond motifs is 7. The highest BCUT2D eigenvalue weighted by Crippen LogP contribution is 2.54. The molecule has 0 radical (unpaired) electrons. The summed E-state index contributed by atoms with van der Waals surface area (Å²) in [4.78, 5) is 10.7. The van der Waals surface area contributed by atoms with E-state index in [-0.39, 0.29) is 5.41 Å². The van der Waals surface area contributed by atoms with Crippen LogP contribution in [0.15, 0.2) is 212 Å². The number of rotatable bonds is 6. The number of aromatic nitrogens is 3. The number of hydrogen-bond donors (Lipinski definition) is 0. The maximum atomic E-state index is 5.37. The largest absolute Gasteiger partial charge is 0.309 e. The highest BCUT2D eigenvalue weighted by Gasteiger charge is 2.37. The Morgan fingerprint density at radius 2 is 0.984 bits per heavy atom. The van der Waals surface area contributed by atoms with E-state index in [9.17, 15) is 0 Å². The third-order valence-electron chi connectivity index (χ3n) is 13.0. The molecule has 12 rings (SSSR count). The Hall–Kier alpha value is -7.88. The molecule has 1 aliphatic rings. The van der Waals surface area contributed by atoms with Crippen molar-refractivity contribution in [3.8, 4) is 73.0 Å². The standard InChI is InChI=1S/C59H41N3/c1-59(2)51-32-17-30-48(56(51)50-35-39-20-9-10-21-40(39)36-52(50)59)45-26-11-12-27-46(45)54-37-53(60-58(61-54)38-18-5-3-6-19-38)42-23-15-22-41(34-42)44-29-16-31-49-47-28-13-14-33-55(47)62(57(44)49)43-24-7-4-8-25-43/h3-37H,1-2H3. The predicted octanol–water partition coefficient (Wildman–Crippen LogP) is 15.4. The van der Waals surface area contributed by atoms with Gasteiger partial charge in [0.25, 0.3) is 0 Å². The Morgan fingerprint density at radius 1 is 0.387 bits per heavy atom. The lowest BCUT2D eigenvalue weighted by Crippen LogP contribution is -2.14. The minimum absolute atomic E-state index is 0.146. The summed E-state index contributed by atoms with van der Waals surface area (Å²) in [6.45, 7) is 4.72. The fourth-order valence-electron chi connectivity index (χ4n) is 10.0. The first-order chi connectivity index (χ1) is 30.5. The molecule has 292 valence electrons. The zero-order valence-corrected chi connectivity index (χ0v) is 34.5. The molecule has 0 N–H and O–H groups in total. The third-order valence-corrected chi connectivity index (χ3v) is 13.0. The quantitative estimate of drug-likeness (QED) is 0.168. The zero-order chi connectivity index (χ0) is 41.4. The summed E-state index contributed by atoms with van der Waals surface area (Å²) in [5, 5.41) is 4.99. The highest BCUT2D eigenvalue weighted by molar-refractivity contribution is 6.14. The van der Waals surface area contributed by atoms with Crippen LogP contribution in [-0.2, 0) is 5.41 Å². The molecule has 3 nitrogen and oxygen atoms in total. The maximum Gasteiger partial charge on any atom is 0.160 e. The van der Waals surface area contributed by atoms with E-state index in [2.05, 4.69) is 225 Å². The van der Waals surface area contributed by atoms with E-state index in [1.807, 2.05) is 6.07 Å². The van der Waals surface area contributed by atoms with Crippen LogP contribution in [0.1, 0.15) is 25.0 Å². The lowest BCUT2D eigenvalue weighted by molar-refractivity contribution is 0.661. The van der Waals surface area contributed by atoms with Crippen LogP contribution in [0.5, 0.6) is 0 Å². The molecule has 62 heavy (non-hydrogen) atoms. The number of nitrogens with zero attached hydrogens (tertiary/aromatic N) is 3. The van der Waals surface area contributed by atoms with Gasteiger partial charge in [0, 0.05) is 44.1 Å². The molecule has 1 aliphatic carbocycles. The Bertz CT molecular complexity index is 3540. The van der Waals surface area contributed by atoms with E-state index in [0.29, 0.717) is 5.82 Å². The van der Waals surface area contributed by atoms with E-state index in [1.165, 1.54) is 66.0 Å². The van der Waals surface area contributed by atoms with Crippen molar-refractivity contribution < 1.29 is 0 Å². The topological polar surface area (TPSA) is 30.7 Å². The zero-order valence-electron chi connectivity index (χ0n) is 34.5. The van der Waals surface area contributed by atoms with Gasteiger partial charge in [-0.15, -0.1) is 0 Å². The minimum atomic E-state index is -0.146. The number of benzene rings is 9. The average molecular weight is 792 g/mol. The molecule has 0 saturated carbocycles. The normalized spacial score (nSPS) is 12.8. The molecule has 11 aromatic rings. The first-order valence-electron chi connectivity index (χ1n) is 21.4. The van der Waals surface area contributed by atoms with Gasteiger partial charge in [-0.05, 0) is 92.2 Å². The molecule has 0 fully saturated rings. The Kier molecular flexibility index (Phi) is 8.20. The molecule has 0 spiro atoms. The van der Waals surface area contributed by atoms with Crippen LogP contribution in [0.4, 0.5) is 0 Å². The molecule has 0 atom stereocenters.